The minimum absolute atomic E-state index is 0.00870. The third-order valence-electron chi connectivity index (χ3n) is 7.57. The molecule has 41 heavy (non-hydrogen) atoms. The maximum Gasteiger partial charge on any atom is 0.270 e. The lowest BCUT2D eigenvalue weighted by Gasteiger charge is -2.45. The summed E-state index contributed by atoms with van der Waals surface area (Å²) in [7, 11) is -2.86. The predicted molar refractivity (Wildman–Crippen MR) is 168 cm³/mol. The topological polar surface area (TPSA) is 88.5 Å². The van der Waals surface area contributed by atoms with Crippen LogP contribution < -0.4 is 10.1 Å². The number of nitro groups is 1. The highest BCUT2D eigenvalue weighted by Crippen LogP contribution is 2.62. The average molecular weight is 633 g/mol. The summed E-state index contributed by atoms with van der Waals surface area (Å²) < 4.78 is 18.8. The number of benzene rings is 3. The molecular weight excluding hydrogens is 603 g/mol. The molecule has 1 saturated heterocycles. The van der Waals surface area contributed by atoms with Crippen LogP contribution in [0.3, 0.4) is 0 Å². The van der Waals surface area contributed by atoms with Gasteiger partial charge in [-0.2, -0.15) is 5.10 Å². The van der Waals surface area contributed by atoms with Gasteiger partial charge >= 0.3 is 0 Å². The Kier molecular flexibility index (Phi) is 7.42. The van der Waals surface area contributed by atoms with Crippen molar-refractivity contribution in [2.45, 2.75) is 20.8 Å². The Morgan fingerprint density at radius 3 is 2.32 bits per heavy atom. The zero-order chi connectivity index (χ0) is 28.7. The Hall–Kier alpha value is -3.56. The first-order valence-corrected chi connectivity index (χ1v) is 15.8. The monoisotopic (exact) mass is 632 g/mol. The van der Waals surface area contributed by atoms with E-state index in [1.807, 2.05) is 24.4 Å². The van der Waals surface area contributed by atoms with Gasteiger partial charge in [-0.1, -0.05) is 35.9 Å². The van der Waals surface area contributed by atoms with Gasteiger partial charge in [0.1, 0.15) is 0 Å². The molecule has 0 aliphatic carbocycles. The van der Waals surface area contributed by atoms with Gasteiger partial charge in [0.25, 0.3) is 5.69 Å². The Bertz CT molecular complexity index is 1710. The van der Waals surface area contributed by atoms with Crippen molar-refractivity contribution < 1.29 is 9.66 Å². The number of para-hydroxylation sites is 1. The number of nitro benzene ring substituents is 1. The van der Waals surface area contributed by atoms with E-state index in [9.17, 15) is 10.1 Å². The van der Waals surface area contributed by atoms with Crippen molar-refractivity contribution >= 4 is 51.9 Å². The van der Waals surface area contributed by atoms with Crippen LogP contribution >= 0.6 is 23.3 Å². The third kappa shape index (κ3) is 4.75. The van der Waals surface area contributed by atoms with Crippen molar-refractivity contribution in [3.05, 3.63) is 110 Å². The smallest absolute Gasteiger partial charge is 0.270 e. The highest BCUT2D eigenvalue weighted by Gasteiger charge is 2.45. The zero-order valence-corrected chi connectivity index (χ0v) is 25.5. The van der Waals surface area contributed by atoms with E-state index in [0.717, 1.165) is 33.6 Å². The number of hydrogen-bond donors (Lipinski definition) is 0. The number of anilines is 1. The molecule has 3 heterocycles. The molecular formula is C30H30BrN6O3P. The molecule has 1 fully saturated rings. The Morgan fingerprint density at radius 2 is 1.66 bits per heavy atom. The Morgan fingerprint density at radius 1 is 0.951 bits per heavy atom. The number of rotatable bonds is 5. The number of hydrazone groups is 1. The van der Waals surface area contributed by atoms with Gasteiger partial charge < -0.3 is 9.30 Å². The van der Waals surface area contributed by atoms with Crippen molar-refractivity contribution in [1.29, 1.82) is 0 Å². The van der Waals surface area contributed by atoms with Crippen molar-refractivity contribution in [2.24, 2.45) is 9.85 Å². The number of ether oxygens (including phenoxy) is 1. The molecule has 0 radical (unpaired) electrons. The van der Waals surface area contributed by atoms with E-state index in [1.54, 1.807) is 6.07 Å². The summed E-state index contributed by atoms with van der Waals surface area (Å²) in [5.41, 5.74) is 7.09. The Balaban J connectivity index is 1.71. The van der Waals surface area contributed by atoms with E-state index in [2.05, 4.69) is 87.1 Å². The lowest BCUT2D eigenvalue weighted by molar-refractivity contribution is -0.384. The predicted octanol–water partition coefficient (Wildman–Crippen LogP) is 7.25. The average Bonchev–Trinajstić information content (AvgIpc) is 3.25. The molecule has 0 unspecified atom stereocenters. The van der Waals surface area contributed by atoms with Gasteiger partial charge in [0.2, 0.25) is 0 Å². The molecule has 0 spiro atoms. The molecule has 0 saturated carbocycles. The molecule has 2 aliphatic rings. The third-order valence-corrected chi connectivity index (χ3v) is 11.9. The fraction of sp³-hybridized carbons (Fsp3) is 0.233. The number of morpholine rings is 1. The number of halogens is 1. The molecule has 0 N–H and O–H groups in total. The van der Waals surface area contributed by atoms with Crippen molar-refractivity contribution in [2.75, 3.05) is 31.1 Å². The highest BCUT2D eigenvalue weighted by atomic mass is 79.9. The summed E-state index contributed by atoms with van der Waals surface area (Å²) in [4.78, 5) is 11.1. The lowest BCUT2D eigenvalue weighted by Crippen LogP contribution is -2.44. The van der Waals surface area contributed by atoms with Crippen LogP contribution in [0.25, 0.3) is 5.69 Å². The van der Waals surface area contributed by atoms with Gasteiger partial charge in [-0.15, -0.1) is 0 Å². The van der Waals surface area contributed by atoms with Crippen LogP contribution in [0.2, 0.25) is 0 Å². The van der Waals surface area contributed by atoms with Gasteiger partial charge in [-0.25, -0.2) is 14.2 Å². The number of fused-ring (bicyclic) bond motifs is 1. The number of non-ortho nitro benzene ring substituents is 1. The van der Waals surface area contributed by atoms with Gasteiger partial charge in [0, 0.05) is 47.9 Å². The number of aryl methyl sites for hydroxylation is 1. The summed E-state index contributed by atoms with van der Waals surface area (Å²) >= 11 is 3.60. The molecule has 9 nitrogen and oxygen atoms in total. The van der Waals surface area contributed by atoms with Crippen LogP contribution in [0.1, 0.15) is 22.5 Å². The van der Waals surface area contributed by atoms with E-state index in [-0.39, 0.29) is 5.69 Å². The fourth-order valence-electron chi connectivity index (χ4n) is 5.62. The fourth-order valence-corrected chi connectivity index (χ4v) is 10.2. The largest absolute Gasteiger partial charge is 0.379 e. The molecule has 0 bridgehead atoms. The summed E-state index contributed by atoms with van der Waals surface area (Å²) in [6, 6.07) is 23.4. The molecule has 2 aliphatic heterocycles. The minimum atomic E-state index is -2.86. The molecule has 11 heteroatoms. The molecule has 6 rings (SSSR count). The molecule has 4 aromatic rings. The van der Waals surface area contributed by atoms with Crippen LogP contribution in [0.15, 0.2) is 87.1 Å². The van der Waals surface area contributed by atoms with Gasteiger partial charge in [0.15, 0.2) is 7.36 Å². The molecule has 0 amide bonds. The molecule has 1 atom stereocenters. The zero-order valence-electron chi connectivity index (χ0n) is 23.1. The van der Waals surface area contributed by atoms with Crippen LogP contribution in [-0.4, -0.2) is 46.7 Å². The second-order valence-corrected chi connectivity index (χ2v) is 13.7. The first kappa shape index (κ1) is 27.6. The molecule has 210 valence electrons. The summed E-state index contributed by atoms with van der Waals surface area (Å²) in [5.74, 6) is 0. The number of hydrogen-bond acceptors (Lipinski definition) is 5. The maximum absolute atomic E-state index is 11.5. The standard InChI is InChI=1S/C30H30BrN6O3P/c1-21-9-11-24(12-10-21)35-22(2)27-20-32-36(25-7-5-4-6-8-25)41(30(27)23(35)3,34-15-17-40-18-16-34)33-29-14-13-26(37(38)39)19-28(29)31/h4-14,19-20H,15-18H2,1-3H3/t41-/m0/s1. The van der Waals surface area contributed by atoms with E-state index in [1.165, 1.54) is 17.7 Å². The SMILES string of the molecule is Cc1ccc(-n2c(C)c3c(c2C)[P@](=Nc2ccc([N+](=O)[O-])cc2Br)(N2CCOCC2)N(c2ccccc2)N=C3)cc1. The number of aromatic nitrogens is 1. The lowest BCUT2D eigenvalue weighted by atomic mass is 10.2. The normalized spacial score (nSPS) is 18.8. The second kappa shape index (κ2) is 11.0. The first-order valence-electron chi connectivity index (χ1n) is 13.4. The second-order valence-electron chi connectivity index (χ2n) is 10.1. The van der Waals surface area contributed by atoms with E-state index in [0.29, 0.717) is 36.5 Å². The molecule has 3 aromatic carbocycles. The van der Waals surface area contributed by atoms with Crippen molar-refractivity contribution in [1.82, 2.24) is 9.24 Å². The summed E-state index contributed by atoms with van der Waals surface area (Å²) in [5, 5.41) is 17.8. The van der Waals surface area contributed by atoms with Crippen molar-refractivity contribution in [3.63, 3.8) is 0 Å². The minimum Gasteiger partial charge on any atom is -0.379 e. The van der Waals surface area contributed by atoms with Crippen LogP contribution in [0, 0.1) is 30.9 Å². The first-order chi connectivity index (χ1) is 19.8. The van der Waals surface area contributed by atoms with E-state index >= 15 is 0 Å². The summed E-state index contributed by atoms with van der Waals surface area (Å²) in [6.07, 6.45) is 1.95. The quantitative estimate of drug-likeness (QED) is 0.131. The van der Waals surface area contributed by atoms with Gasteiger partial charge in [-0.05, 0) is 67.0 Å². The maximum atomic E-state index is 11.5. The van der Waals surface area contributed by atoms with Gasteiger partial charge in [0.05, 0.1) is 45.5 Å². The van der Waals surface area contributed by atoms with Gasteiger partial charge in [-0.3, -0.25) is 10.1 Å². The number of nitrogens with zero attached hydrogens (tertiary/aromatic N) is 6. The van der Waals surface area contributed by atoms with Crippen LogP contribution in [-0.2, 0) is 4.74 Å². The Labute approximate surface area is 247 Å². The summed E-state index contributed by atoms with van der Waals surface area (Å²) in [6.45, 7) is 8.89. The van der Waals surface area contributed by atoms with Crippen LogP contribution in [0.5, 0.6) is 0 Å². The van der Waals surface area contributed by atoms with E-state index < -0.39 is 12.3 Å². The van der Waals surface area contributed by atoms with E-state index in [4.69, 9.17) is 14.6 Å². The van der Waals surface area contributed by atoms with Crippen molar-refractivity contribution in [3.8, 4) is 5.69 Å². The highest BCUT2D eigenvalue weighted by molar-refractivity contribution is 9.10. The molecule has 1 aromatic heterocycles. The van der Waals surface area contributed by atoms with Crippen LogP contribution in [0.4, 0.5) is 17.1 Å².